The Balaban J connectivity index is 1.81. The summed E-state index contributed by atoms with van der Waals surface area (Å²) in [4.78, 5) is 13.2. The first-order chi connectivity index (χ1) is 10.7. The summed E-state index contributed by atoms with van der Waals surface area (Å²) in [5.41, 5.74) is 2.55. The van der Waals surface area contributed by atoms with Crippen molar-refractivity contribution in [1.82, 2.24) is 15.0 Å². The highest BCUT2D eigenvalue weighted by Crippen LogP contribution is 2.24. The molecule has 0 N–H and O–H groups in total. The van der Waals surface area contributed by atoms with Gasteiger partial charge in [-0.1, -0.05) is 18.2 Å². The Morgan fingerprint density at radius 3 is 2.68 bits per heavy atom. The van der Waals surface area contributed by atoms with Crippen LogP contribution in [0.2, 0.25) is 0 Å². The maximum atomic E-state index is 13.2. The zero-order valence-corrected chi connectivity index (χ0v) is 12.8. The van der Waals surface area contributed by atoms with Crippen LogP contribution in [0, 0.1) is 12.7 Å². The summed E-state index contributed by atoms with van der Waals surface area (Å²) in [5, 5.41) is 0.859. The van der Waals surface area contributed by atoms with Gasteiger partial charge in [-0.25, -0.2) is 14.4 Å². The van der Waals surface area contributed by atoms with Crippen LogP contribution >= 0.6 is 11.8 Å². The van der Waals surface area contributed by atoms with Gasteiger partial charge in [0.25, 0.3) is 0 Å². The Labute approximate surface area is 132 Å². The van der Waals surface area contributed by atoms with E-state index in [1.165, 1.54) is 6.07 Å². The lowest BCUT2D eigenvalue weighted by atomic mass is 10.2. The van der Waals surface area contributed by atoms with E-state index in [1.807, 2.05) is 37.3 Å². The SMILES string of the molecule is Cc1nc(SCc2cccc(F)c2)cc(-c2ccccn2)n1. The number of hydrogen-bond acceptors (Lipinski definition) is 4. The molecule has 0 fully saturated rings. The second kappa shape index (κ2) is 6.66. The van der Waals surface area contributed by atoms with Gasteiger partial charge in [-0.15, -0.1) is 11.8 Å². The Kier molecular flexibility index (Phi) is 4.44. The molecule has 3 aromatic rings. The van der Waals surface area contributed by atoms with Crippen molar-refractivity contribution in [3.05, 3.63) is 71.9 Å². The topological polar surface area (TPSA) is 38.7 Å². The Hall–Kier alpha value is -2.27. The highest BCUT2D eigenvalue weighted by molar-refractivity contribution is 7.98. The van der Waals surface area contributed by atoms with E-state index in [0.29, 0.717) is 11.6 Å². The molecule has 2 aromatic heterocycles. The molecule has 1 aromatic carbocycles. The maximum absolute atomic E-state index is 13.2. The number of aryl methyl sites for hydroxylation is 1. The Bertz CT molecular complexity index is 778. The summed E-state index contributed by atoms with van der Waals surface area (Å²) in [6.45, 7) is 1.86. The minimum absolute atomic E-state index is 0.217. The lowest BCUT2D eigenvalue weighted by Crippen LogP contribution is -1.95. The molecule has 0 atom stereocenters. The fraction of sp³-hybridized carbons (Fsp3) is 0.118. The van der Waals surface area contributed by atoms with E-state index in [1.54, 1.807) is 30.1 Å². The van der Waals surface area contributed by atoms with Crippen LogP contribution in [-0.4, -0.2) is 15.0 Å². The number of thioether (sulfide) groups is 1. The molecule has 0 unspecified atom stereocenters. The van der Waals surface area contributed by atoms with E-state index < -0.39 is 0 Å². The number of aromatic nitrogens is 3. The van der Waals surface area contributed by atoms with Crippen LogP contribution < -0.4 is 0 Å². The summed E-state index contributed by atoms with van der Waals surface area (Å²) in [6.07, 6.45) is 1.74. The normalized spacial score (nSPS) is 10.6. The lowest BCUT2D eigenvalue weighted by Gasteiger charge is -2.06. The second-order valence-electron chi connectivity index (χ2n) is 4.77. The van der Waals surface area contributed by atoms with Gasteiger partial charge in [0.05, 0.1) is 11.4 Å². The van der Waals surface area contributed by atoms with Crippen molar-refractivity contribution in [2.45, 2.75) is 17.7 Å². The van der Waals surface area contributed by atoms with Crippen molar-refractivity contribution in [3.8, 4) is 11.4 Å². The fourth-order valence-electron chi connectivity index (χ4n) is 2.04. The molecule has 0 saturated heterocycles. The molecule has 5 heteroatoms. The average molecular weight is 311 g/mol. The van der Waals surface area contributed by atoms with E-state index in [9.17, 15) is 4.39 Å². The standard InChI is InChI=1S/C17H14FN3S/c1-12-20-16(15-7-2-3-8-19-15)10-17(21-12)22-11-13-5-4-6-14(18)9-13/h2-10H,11H2,1H3. The largest absolute Gasteiger partial charge is 0.255 e. The maximum Gasteiger partial charge on any atom is 0.127 e. The predicted octanol–water partition coefficient (Wildman–Crippen LogP) is 4.28. The first kappa shape index (κ1) is 14.7. The van der Waals surface area contributed by atoms with Gasteiger partial charge in [-0.2, -0.15) is 0 Å². The van der Waals surface area contributed by atoms with Crippen LogP contribution in [0.5, 0.6) is 0 Å². The lowest BCUT2D eigenvalue weighted by molar-refractivity contribution is 0.626. The molecule has 0 bridgehead atoms. The molecule has 0 amide bonds. The molecule has 0 aliphatic heterocycles. The van der Waals surface area contributed by atoms with Crippen LogP contribution in [0.1, 0.15) is 11.4 Å². The smallest absolute Gasteiger partial charge is 0.127 e. The Morgan fingerprint density at radius 2 is 1.91 bits per heavy atom. The summed E-state index contributed by atoms with van der Waals surface area (Å²) in [6, 6.07) is 14.3. The van der Waals surface area contributed by atoms with Crippen molar-refractivity contribution >= 4 is 11.8 Å². The van der Waals surface area contributed by atoms with E-state index in [4.69, 9.17) is 0 Å². The quantitative estimate of drug-likeness (QED) is 0.532. The molecule has 3 nitrogen and oxygen atoms in total. The van der Waals surface area contributed by atoms with E-state index in [0.717, 1.165) is 22.0 Å². The third-order valence-corrected chi connectivity index (χ3v) is 4.00. The fourth-order valence-corrected chi connectivity index (χ4v) is 2.93. The number of pyridine rings is 1. The predicted molar refractivity (Wildman–Crippen MR) is 86.0 cm³/mol. The van der Waals surface area contributed by atoms with Gasteiger partial charge in [0.1, 0.15) is 16.7 Å². The minimum Gasteiger partial charge on any atom is -0.255 e. The van der Waals surface area contributed by atoms with Crippen molar-refractivity contribution in [2.75, 3.05) is 0 Å². The number of nitrogens with zero attached hydrogens (tertiary/aromatic N) is 3. The van der Waals surface area contributed by atoms with Crippen molar-refractivity contribution in [3.63, 3.8) is 0 Å². The third kappa shape index (κ3) is 3.68. The van der Waals surface area contributed by atoms with Crippen molar-refractivity contribution < 1.29 is 4.39 Å². The van der Waals surface area contributed by atoms with Gasteiger partial charge >= 0.3 is 0 Å². The second-order valence-corrected chi connectivity index (χ2v) is 5.77. The molecule has 110 valence electrons. The van der Waals surface area contributed by atoms with Crippen LogP contribution in [0.25, 0.3) is 11.4 Å². The first-order valence-electron chi connectivity index (χ1n) is 6.85. The summed E-state index contributed by atoms with van der Waals surface area (Å²) in [5.74, 6) is 1.15. The molecule has 0 saturated carbocycles. The van der Waals surface area contributed by atoms with Crippen LogP contribution in [0.15, 0.2) is 59.8 Å². The number of rotatable bonds is 4. The first-order valence-corrected chi connectivity index (χ1v) is 7.83. The van der Waals surface area contributed by atoms with Crippen LogP contribution in [-0.2, 0) is 5.75 Å². The van der Waals surface area contributed by atoms with E-state index in [-0.39, 0.29) is 5.82 Å². The molecule has 3 rings (SSSR count). The van der Waals surface area contributed by atoms with Gasteiger partial charge in [-0.3, -0.25) is 4.98 Å². The van der Waals surface area contributed by atoms with E-state index in [2.05, 4.69) is 15.0 Å². The molecule has 0 radical (unpaired) electrons. The summed E-state index contributed by atoms with van der Waals surface area (Å²) in [7, 11) is 0. The highest BCUT2D eigenvalue weighted by Gasteiger charge is 2.06. The number of benzene rings is 1. The molecule has 0 aliphatic rings. The van der Waals surface area contributed by atoms with E-state index >= 15 is 0 Å². The van der Waals surface area contributed by atoms with Crippen LogP contribution in [0.3, 0.4) is 0 Å². The minimum atomic E-state index is -0.217. The molecular formula is C17H14FN3S. The van der Waals surface area contributed by atoms with Gasteiger partial charge in [0, 0.05) is 11.9 Å². The molecule has 22 heavy (non-hydrogen) atoms. The monoisotopic (exact) mass is 311 g/mol. The third-order valence-electron chi connectivity index (χ3n) is 3.02. The zero-order chi connectivity index (χ0) is 15.4. The molecule has 0 spiro atoms. The summed E-state index contributed by atoms with van der Waals surface area (Å²) < 4.78 is 13.2. The van der Waals surface area contributed by atoms with Gasteiger partial charge in [0.15, 0.2) is 0 Å². The van der Waals surface area contributed by atoms with Gasteiger partial charge in [0.2, 0.25) is 0 Å². The number of hydrogen-bond donors (Lipinski definition) is 0. The van der Waals surface area contributed by atoms with Crippen molar-refractivity contribution in [2.24, 2.45) is 0 Å². The summed E-state index contributed by atoms with van der Waals surface area (Å²) >= 11 is 1.56. The van der Waals surface area contributed by atoms with Crippen molar-refractivity contribution in [1.29, 1.82) is 0 Å². The zero-order valence-electron chi connectivity index (χ0n) is 12.0. The van der Waals surface area contributed by atoms with Gasteiger partial charge in [-0.05, 0) is 42.8 Å². The Morgan fingerprint density at radius 1 is 1.00 bits per heavy atom. The van der Waals surface area contributed by atoms with Crippen LogP contribution in [0.4, 0.5) is 4.39 Å². The average Bonchev–Trinajstić information content (AvgIpc) is 2.53. The van der Waals surface area contributed by atoms with Gasteiger partial charge < -0.3 is 0 Å². The molecular weight excluding hydrogens is 297 g/mol. The molecule has 0 aliphatic carbocycles. The molecule has 2 heterocycles. The highest BCUT2D eigenvalue weighted by atomic mass is 32.2. The number of halogens is 1.